The molecule has 2 heterocycles. The number of ether oxygens (including phenoxy) is 1. The number of aromatic nitrogens is 2. The van der Waals surface area contributed by atoms with Gasteiger partial charge in [-0.3, -0.25) is 4.40 Å². The Morgan fingerprint density at radius 2 is 1.62 bits per heavy atom. The van der Waals surface area contributed by atoms with Crippen LogP contribution in [0, 0.1) is 6.92 Å². The quantitative estimate of drug-likeness (QED) is 0.200. The molecule has 37 heavy (non-hydrogen) atoms. The molecule has 6 aromatic rings. The van der Waals surface area contributed by atoms with Gasteiger partial charge in [0.1, 0.15) is 22.9 Å². The van der Waals surface area contributed by atoms with Gasteiger partial charge in [-0.05, 0) is 71.3 Å². The maximum Gasteiger partial charge on any atom is 0.344 e. The van der Waals surface area contributed by atoms with Crippen LogP contribution in [0.5, 0.6) is 5.75 Å². The van der Waals surface area contributed by atoms with E-state index in [0.717, 1.165) is 39.1 Å². The Balaban J connectivity index is 1.29. The molecular formula is C32H25N3O2. The summed E-state index contributed by atoms with van der Waals surface area (Å²) in [6.07, 6.45) is 2.04. The third-order valence-corrected chi connectivity index (χ3v) is 6.43. The Kier molecular flexibility index (Phi) is 5.87. The van der Waals surface area contributed by atoms with E-state index in [9.17, 15) is 4.79 Å². The van der Waals surface area contributed by atoms with Gasteiger partial charge >= 0.3 is 5.97 Å². The summed E-state index contributed by atoms with van der Waals surface area (Å²) < 4.78 is 7.80. The average molecular weight is 484 g/mol. The van der Waals surface area contributed by atoms with Gasteiger partial charge in [-0.1, -0.05) is 66.7 Å². The van der Waals surface area contributed by atoms with Crippen LogP contribution in [0.4, 0.5) is 5.82 Å². The van der Waals surface area contributed by atoms with Crippen LogP contribution in [0.3, 0.4) is 0 Å². The highest BCUT2D eigenvalue weighted by atomic mass is 16.5. The number of anilines is 1. The lowest BCUT2D eigenvalue weighted by atomic mass is 10.0. The molecule has 6 rings (SSSR count). The monoisotopic (exact) mass is 483 g/mol. The van der Waals surface area contributed by atoms with Gasteiger partial charge in [-0.25, -0.2) is 9.78 Å². The van der Waals surface area contributed by atoms with Crippen molar-refractivity contribution in [2.45, 2.75) is 13.5 Å². The molecule has 0 radical (unpaired) electrons. The van der Waals surface area contributed by atoms with Crippen molar-refractivity contribution in [1.29, 1.82) is 0 Å². The van der Waals surface area contributed by atoms with Gasteiger partial charge in [0.25, 0.3) is 0 Å². The Labute approximate surface area is 215 Å². The highest BCUT2D eigenvalue weighted by Crippen LogP contribution is 2.31. The lowest BCUT2D eigenvalue weighted by Gasteiger charge is -2.10. The van der Waals surface area contributed by atoms with Crippen LogP contribution in [0.2, 0.25) is 0 Å². The third-order valence-electron chi connectivity index (χ3n) is 6.43. The van der Waals surface area contributed by atoms with Gasteiger partial charge < -0.3 is 10.1 Å². The van der Waals surface area contributed by atoms with E-state index in [1.165, 1.54) is 5.56 Å². The summed E-state index contributed by atoms with van der Waals surface area (Å²) in [5.74, 6) is 1.03. The summed E-state index contributed by atoms with van der Waals surface area (Å²) in [7, 11) is 0. The van der Waals surface area contributed by atoms with Crippen LogP contribution in [0.1, 0.15) is 21.5 Å². The van der Waals surface area contributed by atoms with Crippen molar-refractivity contribution >= 4 is 28.2 Å². The number of hydrogen-bond donors (Lipinski definition) is 1. The largest absolute Gasteiger partial charge is 0.423 e. The maximum atomic E-state index is 13.0. The molecule has 0 bridgehead atoms. The molecule has 0 saturated heterocycles. The summed E-state index contributed by atoms with van der Waals surface area (Å²) in [4.78, 5) is 17.9. The first kappa shape index (κ1) is 22.6. The number of benzene rings is 4. The average Bonchev–Trinajstić information content (AvgIpc) is 3.30. The van der Waals surface area contributed by atoms with Crippen molar-refractivity contribution in [1.82, 2.24) is 9.38 Å². The van der Waals surface area contributed by atoms with E-state index in [1.54, 1.807) is 6.07 Å². The van der Waals surface area contributed by atoms with Crippen LogP contribution in [0.15, 0.2) is 115 Å². The fourth-order valence-corrected chi connectivity index (χ4v) is 4.54. The number of hydrogen-bond acceptors (Lipinski definition) is 4. The fourth-order valence-electron chi connectivity index (χ4n) is 4.54. The number of aryl methyl sites for hydroxylation is 1. The molecule has 0 saturated carbocycles. The first-order valence-electron chi connectivity index (χ1n) is 12.2. The van der Waals surface area contributed by atoms with E-state index in [2.05, 4.69) is 40.9 Å². The highest BCUT2D eigenvalue weighted by Gasteiger charge is 2.16. The fraction of sp³-hybridized carbons (Fsp3) is 0.0625. The number of nitrogens with zero attached hydrogens (tertiary/aromatic N) is 2. The van der Waals surface area contributed by atoms with Gasteiger partial charge in [0, 0.05) is 18.3 Å². The molecule has 0 unspecified atom stereocenters. The first-order chi connectivity index (χ1) is 18.2. The van der Waals surface area contributed by atoms with E-state index in [1.807, 2.05) is 85.1 Å². The van der Waals surface area contributed by atoms with E-state index in [0.29, 0.717) is 17.9 Å². The molecule has 0 aliphatic rings. The van der Waals surface area contributed by atoms with Crippen molar-refractivity contribution in [2.75, 3.05) is 5.32 Å². The number of nitrogens with one attached hydrogen (secondary N) is 1. The number of fused-ring (bicyclic) bond motifs is 2. The number of carbonyl (C=O) groups is 1. The summed E-state index contributed by atoms with van der Waals surface area (Å²) in [6, 6.07) is 35.4. The first-order valence-corrected chi connectivity index (χ1v) is 12.2. The second-order valence-corrected chi connectivity index (χ2v) is 9.02. The van der Waals surface area contributed by atoms with Crippen LogP contribution in [-0.4, -0.2) is 15.4 Å². The molecular weight excluding hydrogens is 458 g/mol. The SMILES string of the molecule is Cc1ccn2c(NCc3ccccc3)c(-c3ccc(OC(=O)c4cccc5ccccc45)cc3)nc2c1. The Hall–Kier alpha value is -4.90. The van der Waals surface area contributed by atoms with Gasteiger partial charge in [-0.2, -0.15) is 0 Å². The molecule has 1 N–H and O–H groups in total. The number of esters is 1. The standard InChI is InChI=1S/C32H25N3O2/c1-22-18-19-35-29(20-22)34-30(31(35)33-21-23-8-3-2-4-9-23)25-14-16-26(17-15-25)37-32(36)28-13-7-11-24-10-5-6-12-27(24)28/h2-20,33H,21H2,1H3. The normalized spacial score (nSPS) is 11.1. The molecule has 0 atom stereocenters. The maximum absolute atomic E-state index is 13.0. The lowest BCUT2D eigenvalue weighted by molar-refractivity contribution is 0.0737. The van der Waals surface area contributed by atoms with Crippen molar-refractivity contribution in [3.63, 3.8) is 0 Å². The highest BCUT2D eigenvalue weighted by molar-refractivity contribution is 6.05. The predicted molar refractivity (Wildman–Crippen MR) is 148 cm³/mol. The van der Waals surface area contributed by atoms with Crippen LogP contribution in [-0.2, 0) is 6.54 Å². The number of imidazole rings is 1. The minimum atomic E-state index is -0.377. The summed E-state index contributed by atoms with van der Waals surface area (Å²) in [5, 5.41) is 5.45. The summed E-state index contributed by atoms with van der Waals surface area (Å²) in [5.41, 5.74) is 5.53. The van der Waals surface area contributed by atoms with Crippen LogP contribution >= 0.6 is 0 Å². The minimum Gasteiger partial charge on any atom is -0.423 e. The second kappa shape index (κ2) is 9.63. The van der Waals surface area contributed by atoms with Crippen molar-refractivity contribution < 1.29 is 9.53 Å². The third kappa shape index (κ3) is 4.55. The molecule has 4 aromatic carbocycles. The smallest absolute Gasteiger partial charge is 0.344 e. The molecule has 0 aliphatic carbocycles. The zero-order chi connectivity index (χ0) is 25.2. The van der Waals surface area contributed by atoms with Crippen molar-refractivity contribution in [2.24, 2.45) is 0 Å². The zero-order valence-electron chi connectivity index (χ0n) is 20.4. The molecule has 0 aliphatic heterocycles. The van der Waals surface area contributed by atoms with E-state index in [-0.39, 0.29) is 5.97 Å². The van der Waals surface area contributed by atoms with Crippen molar-refractivity contribution in [3.8, 4) is 17.0 Å². The molecule has 180 valence electrons. The zero-order valence-corrected chi connectivity index (χ0v) is 20.4. The van der Waals surface area contributed by atoms with Crippen LogP contribution in [0.25, 0.3) is 27.7 Å². The number of rotatable bonds is 6. The number of pyridine rings is 1. The van der Waals surface area contributed by atoms with E-state index >= 15 is 0 Å². The summed E-state index contributed by atoms with van der Waals surface area (Å²) >= 11 is 0. The number of carbonyl (C=O) groups excluding carboxylic acids is 1. The predicted octanol–water partition coefficient (Wildman–Crippen LogP) is 7.29. The summed E-state index contributed by atoms with van der Waals surface area (Å²) in [6.45, 7) is 2.74. The second-order valence-electron chi connectivity index (χ2n) is 9.02. The van der Waals surface area contributed by atoms with E-state index < -0.39 is 0 Å². The van der Waals surface area contributed by atoms with Gasteiger partial charge in [0.15, 0.2) is 0 Å². The molecule has 5 nitrogen and oxygen atoms in total. The van der Waals surface area contributed by atoms with Crippen LogP contribution < -0.4 is 10.1 Å². The van der Waals surface area contributed by atoms with E-state index in [4.69, 9.17) is 9.72 Å². The molecule has 5 heteroatoms. The molecule has 2 aromatic heterocycles. The van der Waals surface area contributed by atoms with Crippen molar-refractivity contribution in [3.05, 3.63) is 132 Å². The Bertz CT molecular complexity index is 1720. The van der Waals surface area contributed by atoms with Gasteiger partial charge in [0.2, 0.25) is 0 Å². The lowest BCUT2D eigenvalue weighted by Crippen LogP contribution is -2.09. The molecule has 0 spiro atoms. The molecule has 0 fully saturated rings. The van der Waals surface area contributed by atoms with Gasteiger partial charge in [-0.15, -0.1) is 0 Å². The van der Waals surface area contributed by atoms with Gasteiger partial charge in [0.05, 0.1) is 5.56 Å². The molecule has 0 amide bonds. The Morgan fingerprint density at radius 3 is 2.46 bits per heavy atom. The Morgan fingerprint density at radius 1 is 0.865 bits per heavy atom. The minimum absolute atomic E-state index is 0.377. The topological polar surface area (TPSA) is 55.6 Å².